The highest BCUT2D eigenvalue weighted by Gasteiger charge is 2.34. The summed E-state index contributed by atoms with van der Waals surface area (Å²) < 4.78 is 3.92. The monoisotopic (exact) mass is 465 g/mol. The number of aromatic nitrogens is 5. The molecule has 2 aliphatic rings. The van der Waals surface area contributed by atoms with Crippen molar-refractivity contribution in [3.05, 3.63) is 41.7 Å². The molecule has 1 amide bonds. The number of hydrogen-bond donors (Lipinski definition) is 1. The Morgan fingerprint density at radius 2 is 2.03 bits per heavy atom. The molecule has 3 aromatic heterocycles. The van der Waals surface area contributed by atoms with Crippen LogP contribution in [-0.2, 0) is 7.05 Å². The summed E-state index contributed by atoms with van der Waals surface area (Å²) in [5.41, 5.74) is 2.55. The maximum atomic E-state index is 13.8. The summed E-state index contributed by atoms with van der Waals surface area (Å²) in [6.45, 7) is 6.31. The minimum absolute atomic E-state index is 0. The Morgan fingerprint density at radius 3 is 2.68 bits per heavy atom. The van der Waals surface area contributed by atoms with E-state index >= 15 is 0 Å². The van der Waals surface area contributed by atoms with Crippen molar-refractivity contribution in [3.8, 4) is 0 Å². The average Bonchev–Trinajstić information content (AvgIpc) is 3.34. The molecule has 1 saturated carbocycles. The second-order valence-corrected chi connectivity index (χ2v) is 8.40. The number of amides is 1. The molecule has 0 bridgehead atoms. The molecule has 10 heteroatoms. The highest BCUT2D eigenvalue weighted by Crippen LogP contribution is 2.40. The molecule has 4 heterocycles. The number of imidazole rings is 1. The molecule has 5 rings (SSSR count). The standard InChI is InChI=1S/C21H27N7O.2ClH/c1-13(2)28-19-16(11-24-28)15(10-17(25-19)14-4-5-14)21(29)27-9-6-22-12-18(27)20-23-7-8-26(20)3;;/h7-8,10-11,13-14,18,22H,4-6,9,12H2,1-3H3;2*1H. The van der Waals surface area contributed by atoms with Crippen molar-refractivity contribution in [2.45, 2.75) is 44.7 Å². The molecule has 31 heavy (non-hydrogen) atoms. The Morgan fingerprint density at radius 1 is 1.26 bits per heavy atom. The molecule has 8 nitrogen and oxygen atoms in total. The SMILES string of the molecule is CC(C)n1ncc2c(C(=O)N3CCNCC3c3nccn3C)cc(C3CC3)nc21.Cl.Cl. The van der Waals surface area contributed by atoms with Crippen molar-refractivity contribution in [1.29, 1.82) is 0 Å². The van der Waals surface area contributed by atoms with E-state index in [4.69, 9.17) is 4.98 Å². The van der Waals surface area contributed by atoms with E-state index in [0.29, 0.717) is 24.6 Å². The number of halogens is 2. The van der Waals surface area contributed by atoms with Crippen molar-refractivity contribution < 1.29 is 4.79 Å². The quantitative estimate of drug-likeness (QED) is 0.639. The number of hydrogen-bond acceptors (Lipinski definition) is 5. The van der Waals surface area contributed by atoms with Crippen LogP contribution in [0.25, 0.3) is 11.0 Å². The summed E-state index contributed by atoms with van der Waals surface area (Å²) in [5.74, 6) is 1.41. The lowest BCUT2D eigenvalue weighted by Crippen LogP contribution is -2.49. The Labute approximate surface area is 194 Å². The van der Waals surface area contributed by atoms with Gasteiger partial charge in [0.15, 0.2) is 5.65 Å². The molecule has 1 atom stereocenters. The van der Waals surface area contributed by atoms with Gasteiger partial charge in [-0.2, -0.15) is 5.10 Å². The van der Waals surface area contributed by atoms with E-state index in [9.17, 15) is 4.79 Å². The Hall–Kier alpha value is -2.16. The van der Waals surface area contributed by atoms with Crippen molar-refractivity contribution in [1.82, 2.24) is 34.5 Å². The first-order chi connectivity index (χ1) is 14.0. The minimum atomic E-state index is -0.0935. The maximum absolute atomic E-state index is 13.8. The molecule has 0 radical (unpaired) electrons. The molecule has 1 saturated heterocycles. The second kappa shape index (κ2) is 9.14. The van der Waals surface area contributed by atoms with Gasteiger partial charge in [0.1, 0.15) is 11.9 Å². The van der Waals surface area contributed by atoms with E-state index in [0.717, 1.165) is 41.9 Å². The fourth-order valence-electron chi connectivity index (χ4n) is 4.21. The zero-order valence-corrected chi connectivity index (χ0v) is 19.6. The van der Waals surface area contributed by atoms with Gasteiger partial charge in [-0.05, 0) is 32.8 Å². The van der Waals surface area contributed by atoms with Gasteiger partial charge in [0.2, 0.25) is 0 Å². The molecule has 1 unspecified atom stereocenters. The van der Waals surface area contributed by atoms with Crippen LogP contribution in [0.15, 0.2) is 24.7 Å². The third-order valence-corrected chi connectivity index (χ3v) is 5.96. The van der Waals surface area contributed by atoms with Gasteiger partial charge in [0, 0.05) is 56.7 Å². The molecule has 0 spiro atoms. The van der Waals surface area contributed by atoms with Crippen LogP contribution in [0.5, 0.6) is 0 Å². The van der Waals surface area contributed by atoms with Crippen LogP contribution in [-0.4, -0.2) is 54.8 Å². The van der Waals surface area contributed by atoms with Gasteiger partial charge in [0.25, 0.3) is 5.91 Å². The lowest BCUT2D eigenvalue weighted by molar-refractivity contribution is 0.0622. The van der Waals surface area contributed by atoms with Crippen molar-refractivity contribution in [2.24, 2.45) is 7.05 Å². The molecule has 3 aromatic rings. The Bertz CT molecular complexity index is 1070. The normalized spacial score (nSPS) is 18.7. The number of aryl methyl sites for hydroxylation is 1. The number of fused-ring (bicyclic) bond motifs is 1. The Kier molecular flexibility index (Phi) is 6.93. The van der Waals surface area contributed by atoms with Crippen LogP contribution >= 0.6 is 24.8 Å². The highest BCUT2D eigenvalue weighted by molar-refractivity contribution is 6.05. The number of pyridine rings is 1. The molecule has 1 aliphatic heterocycles. The maximum Gasteiger partial charge on any atom is 0.255 e. The summed E-state index contributed by atoms with van der Waals surface area (Å²) in [6, 6.07) is 2.10. The van der Waals surface area contributed by atoms with E-state index in [1.807, 2.05) is 33.5 Å². The summed E-state index contributed by atoms with van der Waals surface area (Å²) in [5, 5.41) is 8.79. The number of nitrogens with zero attached hydrogens (tertiary/aromatic N) is 6. The molecule has 1 N–H and O–H groups in total. The number of nitrogens with one attached hydrogen (secondary N) is 1. The number of piperazine rings is 1. The molecular weight excluding hydrogens is 437 g/mol. The van der Waals surface area contributed by atoms with Crippen molar-refractivity contribution in [2.75, 3.05) is 19.6 Å². The lowest BCUT2D eigenvalue weighted by Gasteiger charge is -2.36. The fourth-order valence-corrected chi connectivity index (χ4v) is 4.21. The second-order valence-electron chi connectivity index (χ2n) is 8.40. The molecule has 168 valence electrons. The molecule has 1 aliphatic carbocycles. The largest absolute Gasteiger partial charge is 0.336 e. The van der Waals surface area contributed by atoms with Gasteiger partial charge >= 0.3 is 0 Å². The predicted octanol–water partition coefficient (Wildman–Crippen LogP) is 3.25. The van der Waals surface area contributed by atoms with Crippen LogP contribution in [0.2, 0.25) is 0 Å². The summed E-state index contributed by atoms with van der Waals surface area (Å²) >= 11 is 0. The lowest BCUT2D eigenvalue weighted by atomic mass is 10.1. The topological polar surface area (TPSA) is 80.9 Å². The van der Waals surface area contributed by atoms with Crippen LogP contribution in [0.3, 0.4) is 0 Å². The van der Waals surface area contributed by atoms with Gasteiger partial charge in [-0.15, -0.1) is 24.8 Å². The third-order valence-electron chi connectivity index (χ3n) is 5.96. The van der Waals surface area contributed by atoms with Gasteiger partial charge in [-0.25, -0.2) is 14.6 Å². The molecular formula is C21H29Cl2N7O. The first-order valence-electron chi connectivity index (χ1n) is 10.4. The summed E-state index contributed by atoms with van der Waals surface area (Å²) in [4.78, 5) is 25.2. The van der Waals surface area contributed by atoms with Gasteiger partial charge in [0.05, 0.1) is 17.1 Å². The number of carbonyl (C=O) groups excluding carboxylic acids is 1. The van der Waals surface area contributed by atoms with E-state index < -0.39 is 0 Å². The van der Waals surface area contributed by atoms with Crippen LogP contribution < -0.4 is 5.32 Å². The van der Waals surface area contributed by atoms with E-state index in [1.54, 1.807) is 12.4 Å². The molecule has 0 aromatic carbocycles. The third kappa shape index (κ3) is 4.16. The predicted molar refractivity (Wildman–Crippen MR) is 124 cm³/mol. The van der Waals surface area contributed by atoms with Crippen LogP contribution in [0, 0.1) is 0 Å². The number of carbonyl (C=O) groups is 1. The highest BCUT2D eigenvalue weighted by atomic mass is 35.5. The first-order valence-corrected chi connectivity index (χ1v) is 10.4. The molecule has 2 fully saturated rings. The van der Waals surface area contributed by atoms with Crippen molar-refractivity contribution >= 4 is 41.8 Å². The Balaban J connectivity index is 0.00000136. The van der Waals surface area contributed by atoms with Crippen LogP contribution in [0.1, 0.15) is 66.6 Å². The smallest absolute Gasteiger partial charge is 0.255 e. The summed E-state index contributed by atoms with van der Waals surface area (Å²) in [7, 11) is 1.97. The van der Waals surface area contributed by atoms with Gasteiger partial charge in [-0.3, -0.25) is 4.79 Å². The van der Waals surface area contributed by atoms with Crippen LogP contribution in [0.4, 0.5) is 0 Å². The van der Waals surface area contributed by atoms with Gasteiger partial charge < -0.3 is 14.8 Å². The summed E-state index contributed by atoms with van der Waals surface area (Å²) in [6.07, 6.45) is 7.80. The average molecular weight is 466 g/mol. The van der Waals surface area contributed by atoms with E-state index in [2.05, 4.69) is 29.2 Å². The van der Waals surface area contributed by atoms with Crippen molar-refractivity contribution in [3.63, 3.8) is 0 Å². The zero-order chi connectivity index (χ0) is 20.1. The first kappa shape index (κ1) is 23.5. The fraction of sp³-hybridized carbons (Fsp3) is 0.524. The van der Waals surface area contributed by atoms with E-state index in [-0.39, 0.29) is 42.8 Å². The van der Waals surface area contributed by atoms with E-state index in [1.165, 1.54) is 0 Å². The van der Waals surface area contributed by atoms with Gasteiger partial charge in [-0.1, -0.05) is 0 Å². The number of rotatable bonds is 4. The zero-order valence-electron chi connectivity index (χ0n) is 18.0. The minimum Gasteiger partial charge on any atom is -0.336 e.